The number of nitrogens with zero attached hydrogens (tertiary/aromatic N) is 2. The van der Waals surface area contributed by atoms with Crippen molar-refractivity contribution in [2.75, 3.05) is 11.9 Å². The summed E-state index contributed by atoms with van der Waals surface area (Å²) in [6, 6.07) is 1.94. The number of anilines is 1. The van der Waals surface area contributed by atoms with Gasteiger partial charge in [-0.05, 0) is 24.8 Å². The molecule has 0 atom stereocenters. The molecule has 0 unspecified atom stereocenters. The first-order valence-corrected chi connectivity index (χ1v) is 6.31. The number of hydrogen-bond donors (Lipinski definition) is 1. The Labute approximate surface area is 108 Å². The Morgan fingerprint density at radius 2 is 2.22 bits per heavy atom. The van der Waals surface area contributed by atoms with Gasteiger partial charge in [-0.2, -0.15) is 4.98 Å². The first-order chi connectivity index (χ1) is 8.58. The molecular weight excluding hydrogens is 230 g/mol. The Morgan fingerprint density at radius 3 is 2.89 bits per heavy atom. The maximum atomic E-state index is 10.9. The van der Waals surface area contributed by atoms with E-state index in [1.54, 1.807) is 12.3 Å². The molecule has 1 aromatic heterocycles. The number of aromatic nitrogens is 2. The third kappa shape index (κ3) is 6.18. The Bertz CT molecular complexity index is 380. The van der Waals surface area contributed by atoms with Crippen LogP contribution >= 0.6 is 0 Å². The summed E-state index contributed by atoms with van der Waals surface area (Å²) in [7, 11) is 0. The van der Waals surface area contributed by atoms with Crippen LogP contribution in [0.25, 0.3) is 0 Å². The van der Waals surface area contributed by atoms with Crippen molar-refractivity contribution >= 4 is 11.7 Å². The molecule has 0 aliphatic carbocycles. The molecule has 0 aromatic carbocycles. The highest BCUT2D eigenvalue weighted by atomic mass is 16.5. The van der Waals surface area contributed by atoms with E-state index in [4.69, 9.17) is 4.74 Å². The summed E-state index contributed by atoms with van der Waals surface area (Å²) in [6.07, 6.45) is 4.91. The number of hydrogen-bond acceptors (Lipinski definition) is 4. The van der Waals surface area contributed by atoms with Crippen LogP contribution in [0.3, 0.4) is 0 Å². The SMILES string of the molecule is CC(=O)Nc1ccnc(OCCCCC(C)C)n1. The van der Waals surface area contributed by atoms with Crippen LogP contribution in [0.2, 0.25) is 0 Å². The van der Waals surface area contributed by atoms with Crippen molar-refractivity contribution in [2.24, 2.45) is 5.92 Å². The van der Waals surface area contributed by atoms with Gasteiger partial charge in [-0.15, -0.1) is 0 Å². The number of carbonyl (C=O) groups is 1. The molecule has 1 aromatic rings. The van der Waals surface area contributed by atoms with Crippen LogP contribution in [0.5, 0.6) is 6.01 Å². The normalized spacial score (nSPS) is 10.4. The van der Waals surface area contributed by atoms with Gasteiger partial charge in [0.2, 0.25) is 5.91 Å². The predicted octanol–water partition coefficient (Wildman–Crippen LogP) is 2.64. The maximum absolute atomic E-state index is 10.9. The van der Waals surface area contributed by atoms with Gasteiger partial charge in [0.25, 0.3) is 0 Å². The highest BCUT2D eigenvalue weighted by Crippen LogP contribution is 2.10. The summed E-state index contributed by atoms with van der Waals surface area (Å²) in [6.45, 7) is 6.46. The van der Waals surface area contributed by atoms with Crippen molar-refractivity contribution in [1.82, 2.24) is 9.97 Å². The Hall–Kier alpha value is -1.65. The summed E-state index contributed by atoms with van der Waals surface area (Å²) in [5.74, 6) is 1.04. The first kappa shape index (κ1) is 14.4. The third-order valence-corrected chi connectivity index (χ3v) is 2.34. The quantitative estimate of drug-likeness (QED) is 0.757. The van der Waals surface area contributed by atoms with Crippen molar-refractivity contribution < 1.29 is 9.53 Å². The average Bonchev–Trinajstić information content (AvgIpc) is 2.27. The molecule has 1 heterocycles. The van der Waals surface area contributed by atoms with Crippen LogP contribution in [-0.2, 0) is 4.79 Å². The molecule has 18 heavy (non-hydrogen) atoms. The van der Waals surface area contributed by atoms with Crippen LogP contribution in [0.4, 0.5) is 5.82 Å². The van der Waals surface area contributed by atoms with Crippen LogP contribution in [0.1, 0.15) is 40.0 Å². The van der Waals surface area contributed by atoms with E-state index in [9.17, 15) is 4.79 Å². The topological polar surface area (TPSA) is 64.1 Å². The van der Waals surface area contributed by atoms with Crippen molar-refractivity contribution in [2.45, 2.75) is 40.0 Å². The minimum absolute atomic E-state index is 0.156. The Kier molecular flexibility index (Phi) is 6.11. The summed E-state index contributed by atoms with van der Waals surface area (Å²) in [5, 5.41) is 2.59. The van der Waals surface area contributed by atoms with E-state index in [2.05, 4.69) is 29.1 Å². The molecule has 0 saturated heterocycles. The van der Waals surface area contributed by atoms with Gasteiger partial charge < -0.3 is 10.1 Å². The van der Waals surface area contributed by atoms with Gasteiger partial charge in [-0.25, -0.2) is 4.98 Å². The number of amides is 1. The summed E-state index contributed by atoms with van der Waals surface area (Å²) < 4.78 is 5.44. The van der Waals surface area contributed by atoms with E-state index in [-0.39, 0.29) is 5.91 Å². The van der Waals surface area contributed by atoms with Crippen LogP contribution in [0.15, 0.2) is 12.3 Å². The lowest BCUT2D eigenvalue weighted by molar-refractivity contribution is -0.114. The van der Waals surface area contributed by atoms with Crippen LogP contribution < -0.4 is 10.1 Å². The number of ether oxygens (including phenoxy) is 1. The van der Waals surface area contributed by atoms with Gasteiger partial charge in [0.1, 0.15) is 5.82 Å². The van der Waals surface area contributed by atoms with Gasteiger partial charge in [0.05, 0.1) is 6.61 Å². The predicted molar refractivity (Wildman–Crippen MR) is 70.5 cm³/mol. The summed E-state index contributed by atoms with van der Waals surface area (Å²) >= 11 is 0. The molecule has 0 aliphatic rings. The highest BCUT2D eigenvalue weighted by molar-refractivity contribution is 5.87. The molecule has 0 saturated carbocycles. The lowest BCUT2D eigenvalue weighted by atomic mass is 10.1. The van der Waals surface area contributed by atoms with Gasteiger partial charge >= 0.3 is 6.01 Å². The minimum Gasteiger partial charge on any atom is -0.463 e. The van der Waals surface area contributed by atoms with E-state index in [0.717, 1.165) is 18.8 Å². The van der Waals surface area contributed by atoms with Crippen molar-refractivity contribution in [1.29, 1.82) is 0 Å². The average molecular weight is 251 g/mol. The zero-order valence-electron chi connectivity index (χ0n) is 11.3. The van der Waals surface area contributed by atoms with Crippen LogP contribution in [-0.4, -0.2) is 22.5 Å². The number of nitrogens with one attached hydrogen (secondary N) is 1. The number of rotatable bonds is 7. The second-order valence-electron chi connectivity index (χ2n) is 4.64. The Balaban J connectivity index is 2.31. The van der Waals surface area contributed by atoms with E-state index < -0.39 is 0 Å². The van der Waals surface area contributed by atoms with Gasteiger partial charge in [-0.3, -0.25) is 4.79 Å². The monoisotopic (exact) mass is 251 g/mol. The van der Waals surface area contributed by atoms with Gasteiger partial charge in [0, 0.05) is 13.1 Å². The molecule has 5 nitrogen and oxygen atoms in total. The number of unbranched alkanes of at least 4 members (excludes halogenated alkanes) is 1. The second-order valence-corrected chi connectivity index (χ2v) is 4.64. The molecule has 0 radical (unpaired) electrons. The van der Waals surface area contributed by atoms with E-state index in [1.807, 2.05) is 0 Å². The third-order valence-electron chi connectivity index (χ3n) is 2.34. The van der Waals surface area contributed by atoms with Crippen molar-refractivity contribution in [3.8, 4) is 6.01 Å². The molecule has 1 N–H and O–H groups in total. The lowest BCUT2D eigenvalue weighted by Crippen LogP contribution is -2.09. The van der Waals surface area contributed by atoms with Crippen LogP contribution in [0, 0.1) is 5.92 Å². The molecule has 0 aliphatic heterocycles. The van der Waals surface area contributed by atoms with Crippen molar-refractivity contribution in [3.05, 3.63) is 12.3 Å². The standard InChI is InChI=1S/C13H21N3O2/c1-10(2)6-4-5-9-18-13-14-8-7-12(16-13)15-11(3)17/h7-8,10H,4-6,9H2,1-3H3,(H,14,15,16,17). The zero-order valence-corrected chi connectivity index (χ0v) is 11.3. The smallest absolute Gasteiger partial charge is 0.318 e. The van der Waals surface area contributed by atoms with E-state index in [1.165, 1.54) is 13.3 Å². The van der Waals surface area contributed by atoms with Gasteiger partial charge in [-0.1, -0.05) is 20.3 Å². The summed E-state index contributed by atoms with van der Waals surface area (Å²) in [5.41, 5.74) is 0. The summed E-state index contributed by atoms with van der Waals surface area (Å²) in [4.78, 5) is 19.0. The molecule has 100 valence electrons. The fraction of sp³-hybridized carbons (Fsp3) is 0.615. The fourth-order valence-corrected chi connectivity index (χ4v) is 1.48. The highest BCUT2D eigenvalue weighted by Gasteiger charge is 2.02. The molecule has 0 spiro atoms. The first-order valence-electron chi connectivity index (χ1n) is 6.31. The minimum atomic E-state index is -0.156. The maximum Gasteiger partial charge on any atom is 0.318 e. The van der Waals surface area contributed by atoms with E-state index >= 15 is 0 Å². The fourth-order valence-electron chi connectivity index (χ4n) is 1.48. The molecule has 0 fully saturated rings. The molecular formula is C13H21N3O2. The lowest BCUT2D eigenvalue weighted by Gasteiger charge is -2.07. The zero-order chi connectivity index (χ0) is 13.4. The largest absolute Gasteiger partial charge is 0.463 e. The van der Waals surface area contributed by atoms with Gasteiger partial charge in [0.15, 0.2) is 0 Å². The Morgan fingerprint density at radius 1 is 1.44 bits per heavy atom. The second kappa shape index (κ2) is 7.63. The molecule has 5 heteroatoms. The number of carbonyl (C=O) groups excluding carboxylic acids is 1. The molecule has 1 amide bonds. The molecule has 1 rings (SSSR count). The molecule has 0 bridgehead atoms. The van der Waals surface area contributed by atoms with E-state index in [0.29, 0.717) is 18.4 Å². The van der Waals surface area contributed by atoms with Crippen molar-refractivity contribution in [3.63, 3.8) is 0 Å².